The standard InChI is InChI=1S/C14H19BrN2O2S/c1-3-6-16-7-9-17(10-8-16)20(18,19)13-4-5-14(15)12(2)11-13/h3-5,11H,1,6-10H2,2H3/p+1. The number of nitrogens with zero attached hydrogens (tertiary/aromatic N) is 1. The van der Waals surface area contributed by atoms with Crippen LogP contribution in [0.4, 0.5) is 0 Å². The summed E-state index contributed by atoms with van der Waals surface area (Å²) in [6.45, 7) is 9.33. The molecule has 1 aliphatic rings. The lowest BCUT2D eigenvalue weighted by molar-refractivity contribution is -0.897. The number of aryl methyl sites for hydroxylation is 1. The molecule has 20 heavy (non-hydrogen) atoms. The molecule has 1 aliphatic heterocycles. The lowest BCUT2D eigenvalue weighted by atomic mass is 10.2. The van der Waals surface area contributed by atoms with Crippen LogP contribution in [0.5, 0.6) is 0 Å². The summed E-state index contributed by atoms with van der Waals surface area (Å²) in [7, 11) is -3.37. The van der Waals surface area contributed by atoms with E-state index in [1.807, 2.05) is 13.0 Å². The predicted octanol–water partition coefficient (Wildman–Crippen LogP) is 0.833. The molecule has 0 aromatic heterocycles. The van der Waals surface area contributed by atoms with Crippen molar-refractivity contribution in [2.45, 2.75) is 11.8 Å². The number of nitrogens with one attached hydrogen (secondary N) is 1. The average molecular weight is 360 g/mol. The second kappa shape index (κ2) is 6.39. The topological polar surface area (TPSA) is 41.8 Å². The van der Waals surface area contributed by atoms with Crippen molar-refractivity contribution >= 4 is 26.0 Å². The predicted molar refractivity (Wildman–Crippen MR) is 83.4 cm³/mol. The zero-order valence-corrected chi connectivity index (χ0v) is 14.0. The maximum atomic E-state index is 12.6. The first-order valence-corrected chi connectivity index (χ1v) is 8.89. The Bertz CT molecular complexity index is 593. The number of benzene rings is 1. The van der Waals surface area contributed by atoms with Gasteiger partial charge in [0, 0.05) is 4.47 Å². The minimum atomic E-state index is -3.37. The molecular weight excluding hydrogens is 340 g/mol. The Morgan fingerprint density at radius 3 is 2.60 bits per heavy atom. The van der Waals surface area contributed by atoms with Gasteiger partial charge in [-0.2, -0.15) is 4.31 Å². The molecule has 1 heterocycles. The molecule has 110 valence electrons. The molecule has 0 atom stereocenters. The number of halogens is 1. The molecule has 0 unspecified atom stereocenters. The quantitative estimate of drug-likeness (QED) is 0.809. The van der Waals surface area contributed by atoms with Gasteiger partial charge in [-0.15, -0.1) is 0 Å². The molecule has 0 bridgehead atoms. The number of sulfonamides is 1. The molecule has 1 fully saturated rings. The maximum Gasteiger partial charge on any atom is 0.243 e. The van der Waals surface area contributed by atoms with E-state index in [1.54, 1.807) is 22.5 Å². The van der Waals surface area contributed by atoms with Crippen molar-refractivity contribution in [3.63, 3.8) is 0 Å². The highest BCUT2D eigenvalue weighted by atomic mass is 79.9. The minimum Gasteiger partial charge on any atom is -0.330 e. The zero-order chi connectivity index (χ0) is 14.8. The summed E-state index contributed by atoms with van der Waals surface area (Å²) >= 11 is 3.40. The molecule has 4 nitrogen and oxygen atoms in total. The van der Waals surface area contributed by atoms with Crippen molar-refractivity contribution in [3.05, 3.63) is 40.9 Å². The Morgan fingerprint density at radius 1 is 1.40 bits per heavy atom. The molecule has 0 radical (unpaired) electrons. The first kappa shape index (κ1) is 15.7. The van der Waals surface area contributed by atoms with Gasteiger partial charge in [0.25, 0.3) is 0 Å². The molecule has 2 rings (SSSR count). The van der Waals surface area contributed by atoms with Crippen LogP contribution in [0.15, 0.2) is 40.2 Å². The highest BCUT2D eigenvalue weighted by Gasteiger charge is 2.30. The second-order valence-corrected chi connectivity index (χ2v) is 7.85. The largest absolute Gasteiger partial charge is 0.330 e. The summed E-state index contributed by atoms with van der Waals surface area (Å²) in [6.07, 6.45) is 1.89. The second-order valence-electron chi connectivity index (χ2n) is 5.06. The van der Waals surface area contributed by atoms with E-state index in [4.69, 9.17) is 0 Å². The zero-order valence-electron chi connectivity index (χ0n) is 11.6. The van der Waals surface area contributed by atoms with Crippen molar-refractivity contribution in [2.75, 3.05) is 32.7 Å². The van der Waals surface area contributed by atoms with Crippen molar-refractivity contribution < 1.29 is 13.3 Å². The average Bonchev–Trinajstić information content (AvgIpc) is 2.43. The van der Waals surface area contributed by atoms with E-state index in [1.165, 1.54) is 4.90 Å². The van der Waals surface area contributed by atoms with Crippen LogP contribution in [-0.2, 0) is 10.0 Å². The van der Waals surface area contributed by atoms with E-state index in [9.17, 15) is 8.42 Å². The number of hydrogen-bond donors (Lipinski definition) is 1. The van der Waals surface area contributed by atoms with Crippen LogP contribution >= 0.6 is 15.9 Å². The van der Waals surface area contributed by atoms with Crippen molar-refractivity contribution in [1.29, 1.82) is 0 Å². The molecular formula is C14H20BrN2O2S+. The van der Waals surface area contributed by atoms with E-state index in [0.29, 0.717) is 18.0 Å². The van der Waals surface area contributed by atoms with Gasteiger partial charge in [0.05, 0.1) is 37.6 Å². The van der Waals surface area contributed by atoms with Gasteiger partial charge >= 0.3 is 0 Å². The molecule has 0 aliphatic carbocycles. The first-order chi connectivity index (χ1) is 9.45. The molecule has 1 N–H and O–H groups in total. The summed E-state index contributed by atoms with van der Waals surface area (Å²) < 4.78 is 27.7. The molecule has 1 saturated heterocycles. The van der Waals surface area contributed by atoms with E-state index >= 15 is 0 Å². The summed E-state index contributed by atoms with van der Waals surface area (Å²) in [5.41, 5.74) is 0.932. The Labute approximate surface area is 129 Å². The molecule has 0 saturated carbocycles. The summed E-state index contributed by atoms with van der Waals surface area (Å²) in [5, 5.41) is 0. The van der Waals surface area contributed by atoms with E-state index in [2.05, 4.69) is 22.5 Å². The van der Waals surface area contributed by atoms with Gasteiger partial charge in [0.2, 0.25) is 10.0 Å². The van der Waals surface area contributed by atoms with E-state index < -0.39 is 10.0 Å². The third-order valence-corrected chi connectivity index (χ3v) is 6.41. The van der Waals surface area contributed by atoms with Crippen molar-refractivity contribution in [3.8, 4) is 0 Å². The molecule has 6 heteroatoms. The van der Waals surface area contributed by atoms with Crippen LogP contribution in [0.2, 0.25) is 0 Å². The smallest absolute Gasteiger partial charge is 0.243 e. The van der Waals surface area contributed by atoms with Gasteiger partial charge < -0.3 is 4.90 Å². The first-order valence-electron chi connectivity index (χ1n) is 6.66. The number of rotatable bonds is 4. The lowest BCUT2D eigenvalue weighted by Gasteiger charge is -2.31. The van der Waals surface area contributed by atoms with Gasteiger partial charge in [-0.05, 0) is 36.8 Å². The Kier molecular flexibility index (Phi) is 5.01. The normalized spacial score (nSPS) is 18.1. The Hall–Kier alpha value is -0.690. The van der Waals surface area contributed by atoms with Gasteiger partial charge in [0.15, 0.2) is 0 Å². The fourth-order valence-corrected chi connectivity index (χ4v) is 4.15. The molecule has 0 spiro atoms. The highest BCUT2D eigenvalue weighted by Crippen LogP contribution is 2.22. The van der Waals surface area contributed by atoms with Crippen LogP contribution < -0.4 is 4.90 Å². The number of quaternary nitrogens is 1. The fraction of sp³-hybridized carbons (Fsp3) is 0.429. The molecule has 1 aromatic rings. The van der Waals surface area contributed by atoms with Crippen LogP contribution in [0.25, 0.3) is 0 Å². The van der Waals surface area contributed by atoms with Crippen molar-refractivity contribution in [2.24, 2.45) is 0 Å². The van der Waals surface area contributed by atoms with Crippen molar-refractivity contribution in [1.82, 2.24) is 4.31 Å². The third kappa shape index (κ3) is 3.31. The summed E-state index contributed by atoms with van der Waals surface area (Å²) in [4.78, 5) is 1.77. The van der Waals surface area contributed by atoms with Crippen LogP contribution in [-0.4, -0.2) is 45.4 Å². The van der Waals surface area contributed by atoms with Gasteiger partial charge in [-0.1, -0.05) is 22.5 Å². The van der Waals surface area contributed by atoms with E-state index in [0.717, 1.165) is 29.7 Å². The maximum absolute atomic E-state index is 12.6. The van der Waals surface area contributed by atoms with Gasteiger partial charge in [-0.25, -0.2) is 8.42 Å². The third-order valence-electron chi connectivity index (χ3n) is 3.63. The Balaban J connectivity index is 2.15. The Morgan fingerprint density at radius 2 is 2.05 bits per heavy atom. The van der Waals surface area contributed by atoms with Gasteiger partial charge in [-0.3, -0.25) is 0 Å². The lowest BCUT2D eigenvalue weighted by Crippen LogP contribution is -3.14. The van der Waals surface area contributed by atoms with E-state index in [-0.39, 0.29) is 0 Å². The number of hydrogen-bond acceptors (Lipinski definition) is 2. The monoisotopic (exact) mass is 359 g/mol. The minimum absolute atomic E-state index is 0.380. The summed E-state index contributed by atoms with van der Waals surface area (Å²) in [6, 6.07) is 5.18. The van der Waals surface area contributed by atoms with Gasteiger partial charge in [0.1, 0.15) is 0 Å². The summed E-state index contributed by atoms with van der Waals surface area (Å²) in [5.74, 6) is 0. The number of piperazine rings is 1. The van der Waals surface area contributed by atoms with Crippen LogP contribution in [0.3, 0.4) is 0 Å². The SMILES string of the molecule is C=CC[NH+]1CCN(S(=O)(=O)c2ccc(Br)c(C)c2)CC1. The molecule has 0 amide bonds. The van der Waals surface area contributed by atoms with Crippen LogP contribution in [0.1, 0.15) is 5.56 Å². The molecule has 1 aromatic carbocycles. The van der Waals surface area contributed by atoms with Crippen LogP contribution in [0, 0.1) is 6.92 Å². The fourth-order valence-electron chi connectivity index (χ4n) is 2.38. The highest BCUT2D eigenvalue weighted by molar-refractivity contribution is 9.10.